The van der Waals surface area contributed by atoms with Gasteiger partial charge in [0.25, 0.3) is 0 Å². The Hall–Kier alpha value is -1.63. The summed E-state index contributed by atoms with van der Waals surface area (Å²) in [4.78, 5) is 2.81. The van der Waals surface area contributed by atoms with Gasteiger partial charge in [-0.15, -0.1) is 0 Å². The molecular formula is C21H30N2O3S. The second-order valence-corrected chi connectivity index (χ2v) is 9.51. The molecule has 27 heavy (non-hydrogen) atoms. The van der Waals surface area contributed by atoms with Crippen LogP contribution in [0, 0.1) is 33.6 Å². The van der Waals surface area contributed by atoms with Crippen molar-refractivity contribution in [3.63, 3.8) is 0 Å². The van der Waals surface area contributed by atoms with Crippen molar-refractivity contribution in [1.82, 2.24) is 9.62 Å². The molecule has 0 amide bonds. The van der Waals surface area contributed by atoms with E-state index in [0.717, 1.165) is 55.1 Å². The molecule has 1 aliphatic heterocycles. The van der Waals surface area contributed by atoms with Crippen LogP contribution in [0.3, 0.4) is 0 Å². The van der Waals surface area contributed by atoms with Crippen molar-refractivity contribution in [2.75, 3.05) is 19.6 Å². The Bertz CT molecular complexity index is 894. The number of benzene rings is 1. The van der Waals surface area contributed by atoms with Gasteiger partial charge >= 0.3 is 0 Å². The highest BCUT2D eigenvalue weighted by atomic mass is 32.2. The molecule has 3 rings (SSSR count). The number of rotatable bonds is 6. The lowest BCUT2D eigenvalue weighted by Crippen LogP contribution is -2.38. The molecule has 0 aliphatic carbocycles. The molecule has 1 saturated heterocycles. The van der Waals surface area contributed by atoms with Crippen LogP contribution in [0.15, 0.2) is 33.6 Å². The van der Waals surface area contributed by atoms with Crippen LogP contribution in [0.25, 0.3) is 0 Å². The summed E-state index contributed by atoms with van der Waals surface area (Å²) >= 11 is 0. The second kappa shape index (κ2) is 8.17. The smallest absolute Gasteiger partial charge is 0.240 e. The highest BCUT2D eigenvalue weighted by Crippen LogP contribution is 2.22. The number of likely N-dealkylation sites (tertiary alicyclic amines) is 1. The lowest BCUT2D eigenvalue weighted by Gasteiger charge is -2.31. The monoisotopic (exact) mass is 390 g/mol. The van der Waals surface area contributed by atoms with Crippen molar-refractivity contribution in [3.8, 4) is 0 Å². The van der Waals surface area contributed by atoms with E-state index >= 15 is 0 Å². The predicted octanol–water partition coefficient (Wildman–Crippen LogP) is 3.70. The van der Waals surface area contributed by atoms with Crippen molar-refractivity contribution in [3.05, 3.63) is 52.5 Å². The molecule has 0 atom stereocenters. The summed E-state index contributed by atoms with van der Waals surface area (Å²) in [6, 6.07) is 7.57. The number of hydrogen-bond donors (Lipinski definition) is 1. The molecule has 1 aromatic heterocycles. The number of piperidine rings is 1. The number of hydrogen-bond acceptors (Lipinski definition) is 4. The number of aryl methyl sites for hydroxylation is 4. The van der Waals surface area contributed by atoms with E-state index in [1.54, 1.807) is 6.07 Å². The molecule has 0 unspecified atom stereocenters. The van der Waals surface area contributed by atoms with Crippen molar-refractivity contribution < 1.29 is 12.8 Å². The summed E-state index contributed by atoms with van der Waals surface area (Å²) in [5.41, 5.74) is 3.12. The van der Waals surface area contributed by atoms with Gasteiger partial charge in [0.2, 0.25) is 10.0 Å². The van der Waals surface area contributed by atoms with Crippen LogP contribution >= 0.6 is 0 Å². The van der Waals surface area contributed by atoms with Gasteiger partial charge in [0.05, 0.1) is 4.90 Å². The van der Waals surface area contributed by atoms with Crippen LogP contribution < -0.4 is 4.72 Å². The molecular weight excluding hydrogens is 360 g/mol. The van der Waals surface area contributed by atoms with Crippen LogP contribution in [0.2, 0.25) is 0 Å². The topological polar surface area (TPSA) is 62.6 Å². The Kier molecular flexibility index (Phi) is 6.08. The van der Waals surface area contributed by atoms with Crippen LogP contribution in [-0.4, -0.2) is 33.0 Å². The average Bonchev–Trinajstić information content (AvgIpc) is 2.91. The molecule has 1 N–H and O–H groups in total. The van der Waals surface area contributed by atoms with Crippen molar-refractivity contribution in [2.45, 2.75) is 52.0 Å². The highest BCUT2D eigenvalue weighted by molar-refractivity contribution is 7.89. The maximum absolute atomic E-state index is 12.6. The third-order valence-electron chi connectivity index (χ3n) is 5.43. The van der Waals surface area contributed by atoms with E-state index in [9.17, 15) is 8.42 Å². The summed E-state index contributed by atoms with van der Waals surface area (Å²) in [5, 5.41) is 0. The minimum atomic E-state index is -3.45. The van der Waals surface area contributed by atoms with Gasteiger partial charge in [-0.25, -0.2) is 13.1 Å². The van der Waals surface area contributed by atoms with E-state index in [1.165, 1.54) is 5.56 Å². The van der Waals surface area contributed by atoms with E-state index in [1.807, 2.05) is 39.8 Å². The van der Waals surface area contributed by atoms with Gasteiger partial charge in [0, 0.05) is 18.7 Å². The fraction of sp³-hybridized carbons (Fsp3) is 0.524. The van der Waals surface area contributed by atoms with Crippen molar-refractivity contribution >= 4 is 10.0 Å². The molecule has 0 bridgehead atoms. The first-order valence-corrected chi connectivity index (χ1v) is 11.1. The number of nitrogens with zero attached hydrogens (tertiary/aromatic N) is 1. The first kappa shape index (κ1) is 20.1. The second-order valence-electron chi connectivity index (χ2n) is 7.78. The molecule has 0 radical (unpaired) electrons. The minimum absolute atomic E-state index is 0.383. The van der Waals surface area contributed by atoms with Gasteiger partial charge in [0.1, 0.15) is 11.5 Å². The average molecular weight is 391 g/mol. The molecule has 1 aliphatic rings. The van der Waals surface area contributed by atoms with Crippen LogP contribution in [0.1, 0.15) is 41.1 Å². The maximum atomic E-state index is 12.6. The predicted molar refractivity (Wildman–Crippen MR) is 107 cm³/mol. The van der Waals surface area contributed by atoms with E-state index in [0.29, 0.717) is 17.4 Å². The van der Waals surface area contributed by atoms with Gasteiger partial charge in [-0.1, -0.05) is 17.7 Å². The fourth-order valence-electron chi connectivity index (χ4n) is 3.84. The first-order valence-electron chi connectivity index (χ1n) is 9.60. The zero-order chi connectivity index (χ0) is 19.6. The lowest BCUT2D eigenvalue weighted by molar-refractivity contribution is 0.178. The third kappa shape index (κ3) is 5.00. The van der Waals surface area contributed by atoms with Crippen molar-refractivity contribution in [2.24, 2.45) is 5.92 Å². The molecule has 1 aromatic carbocycles. The summed E-state index contributed by atoms with van der Waals surface area (Å²) in [5.74, 6) is 2.34. The van der Waals surface area contributed by atoms with Gasteiger partial charge in [-0.3, -0.25) is 4.90 Å². The summed E-state index contributed by atoms with van der Waals surface area (Å²) in [7, 11) is -3.45. The molecule has 5 nitrogen and oxygen atoms in total. The van der Waals surface area contributed by atoms with E-state index in [-0.39, 0.29) is 0 Å². The van der Waals surface area contributed by atoms with Gasteiger partial charge < -0.3 is 4.42 Å². The van der Waals surface area contributed by atoms with E-state index in [4.69, 9.17) is 4.42 Å². The Morgan fingerprint density at radius 2 is 1.81 bits per heavy atom. The summed E-state index contributed by atoms with van der Waals surface area (Å²) in [6.07, 6.45) is 2.01. The molecule has 2 heterocycles. The minimum Gasteiger partial charge on any atom is -0.466 e. The molecule has 6 heteroatoms. The molecule has 1 fully saturated rings. The standard InChI is InChI=1S/C21H30N2O3S/c1-15-5-6-21(16(2)11-15)27(24,25)22-13-19-7-9-23(10-8-19)14-20-12-17(3)26-18(20)4/h5-6,11-12,19,22H,7-10,13-14H2,1-4H3. The van der Waals surface area contributed by atoms with Gasteiger partial charge in [-0.05, 0) is 77.2 Å². The van der Waals surface area contributed by atoms with Gasteiger partial charge in [-0.2, -0.15) is 0 Å². The highest BCUT2D eigenvalue weighted by Gasteiger charge is 2.23. The lowest BCUT2D eigenvalue weighted by atomic mass is 9.97. The molecule has 148 valence electrons. The normalized spacial score (nSPS) is 16.7. The number of nitrogens with one attached hydrogen (secondary N) is 1. The van der Waals surface area contributed by atoms with E-state index < -0.39 is 10.0 Å². The van der Waals surface area contributed by atoms with Crippen LogP contribution in [0.5, 0.6) is 0 Å². The van der Waals surface area contributed by atoms with Crippen molar-refractivity contribution in [1.29, 1.82) is 0 Å². The number of furan rings is 1. The van der Waals surface area contributed by atoms with Gasteiger partial charge in [0.15, 0.2) is 0 Å². The fourth-order valence-corrected chi connectivity index (χ4v) is 5.18. The zero-order valence-corrected chi connectivity index (χ0v) is 17.5. The molecule has 0 saturated carbocycles. The summed E-state index contributed by atoms with van der Waals surface area (Å²) < 4.78 is 33.7. The Morgan fingerprint density at radius 1 is 1.11 bits per heavy atom. The SMILES string of the molecule is Cc1ccc(S(=O)(=O)NCC2CCN(Cc3cc(C)oc3C)CC2)c(C)c1. The number of sulfonamides is 1. The van der Waals surface area contributed by atoms with Crippen LogP contribution in [-0.2, 0) is 16.6 Å². The molecule has 0 spiro atoms. The summed E-state index contributed by atoms with van der Waals surface area (Å²) in [6.45, 7) is 11.2. The molecule has 2 aromatic rings. The third-order valence-corrected chi connectivity index (χ3v) is 7.01. The first-order chi connectivity index (χ1) is 12.7. The Balaban J connectivity index is 1.51. The Labute approximate surface area is 162 Å². The van der Waals surface area contributed by atoms with Crippen LogP contribution in [0.4, 0.5) is 0 Å². The maximum Gasteiger partial charge on any atom is 0.240 e. The quantitative estimate of drug-likeness (QED) is 0.817. The van der Waals surface area contributed by atoms with E-state index in [2.05, 4.69) is 15.7 Å². The Morgan fingerprint density at radius 3 is 2.41 bits per heavy atom. The zero-order valence-electron chi connectivity index (χ0n) is 16.7. The largest absolute Gasteiger partial charge is 0.466 e.